The van der Waals surface area contributed by atoms with Crippen LogP contribution in [0, 0.1) is 0 Å². The van der Waals surface area contributed by atoms with Gasteiger partial charge in [0.05, 0.1) is 6.61 Å². The summed E-state index contributed by atoms with van der Waals surface area (Å²) in [6.45, 7) is 3.97. The summed E-state index contributed by atoms with van der Waals surface area (Å²) in [7, 11) is 0. The summed E-state index contributed by atoms with van der Waals surface area (Å²) in [6, 6.07) is -0.0903. The van der Waals surface area contributed by atoms with Gasteiger partial charge in [0, 0.05) is 31.4 Å². The molecule has 2 heterocycles. The zero-order valence-corrected chi connectivity index (χ0v) is 16.0. The predicted octanol–water partition coefficient (Wildman–Crippen LogP) is 0.995. The fourth-order valence-corrected chi connectivity index (χ4v) is 3.20. The van der Waals surface area contributed by atoms with Crippen LogP contribution in [0.5, 0.6) is 0 Å². The number of ether oxygens (including phenoxy) is 2. The molecule has 27 heavy (non-hydrogen) atoms. The molecule has 11 heteroatoms. The number of rotatable bonds is 6. The number of carbonyl (C=O) groups excluding carboxylic acids is 4. The van der Waals surface area contributed by atoms with Gasteiger partial charge in [0.2, 0.25) is 5.91 Å². The van der Waals surface area contributed by atoms with Gasteiger partial charge in [-0.1, -0.05) is 0 Å². The van der Waals surface area contributed by atoms with Crippen LogP contribution in [-0.2, 0) is 19.1 Å². The number of likely N-dealkylation sites (tertiary alicyclic amines) is 1. The molecule has 1 aromatic rings. The summed E-state index contributed by atoms with van der Waals surface area (Å²) in [5.74, 6) is -1.46. The predicted molar refractivity (Wildman–Crippen MR) is 96.5 cm³/mol. The number of hydrogen-bond acceptors (Lipinski definition) is 8. The normalized spacial score (nSPS) is 14.4. The lowest BCUT2D eigenvalue weighted by Crippen LogP contribution is -2.47. The van der Waals surface area contributed by atoms with Crippen molar-refractivity contribution in [3.05, 3.63) is 11.1 Å². The van der Waals surface area contributed by atoms with Gasteiger partial charge in [0.25, 0.3) is 5.91 Å². The van der Waals surface area contributed by atoms with Gasteiger partial charge in [-0.2, -0.15) is 0 Å². The molecule has 1 aliphatic rings. The van der Waals surface area contributed by atoms with Crippen LogP contribution in [0.15, 0.2) is 5.38 Å². The van der Waals surface area contributed by atoms with Crippen LogP contribution >= 0.6 is 11.3 Å². The summed E-state index contributed by atoms with van der Waals surface area (Å²) >= 11 is 1.09. The van der Waals surface area contributed by atoms with E-state index >= 15 is 0 Å². The summed E-state index contributed by atoms with van der Waals surface area (Å²) in [4.78, 5) is 51.9. The molecule has 1 fully saturated rings. The molecule has 0 radical (unpaired) electrons. The van der Waals surface area contributed by atoms with Crippen molar-refractivity contribution in [2.24, 2.45) is 0 Å². The van der Waals surface area contributed by atoms with Gasteiger partial charge in [-0.15, -0.1) is 11.3 Å². The Labute approximate surface area is 160 Å². The molecule has 2 rings (SSSR count). The number of esters is 1. The maximum atomic E-state index is 11.9. The molecule has 1 aromatic heterocycles. The third kappa shape index (κ3) is 6.51. The highest BCUT2D eigenvalue weighted by atomic mass is 32.1. The molecule has 0 spiro atoms. The Morgan fingerprint density at radius 3 is 2.59 bits per heavy atom. The molecular weight excluding hydrogens is 376 g/mol. The van der Waals surface area contributed by atoms with E-state index in [2.05, 4.69) is 15.6 Å². The number of hydrogen-bond donors (Lipinski definition) is 2. The number of aromatic nitrogens is 1. The van der Waals surface area contributed by atoms with Crippen molar-refractivity contribution in [3.63, 3.8) is 0 Å². The van der Waals surface area contributed by atoms with Crippen LogP contribution < -0.4 is 10.6 Å². The van der Waals surface area contributed by atoms with Gasteiger partial charge in [-0.3, -0.25) is 9.59 Å². The molecule has 0 aromatic carbocycles. The second-order valence-corrected chi connectivity index (χ2v) is 6.68. The Kier molecular flexibility index (Phi) is 7.53. The average Bonchev–Trinajstić information content (AvgIpc) is 3.08. The van der Waals surface area contributed by atoms with Crippen LogP contribution in [0.2, 0.25) is 0 Å². The van der Waals surface area contributed by atoms with Gasteiger partial charge in [-0.25, -0.2) is 14.6 Å². The quantitative estimate of drug-likeness (QED) is 0.684. The molecule has 2 N–H and O–H groups in total. The Bertz CT molecular complexity index is 699. The lowest BCUT2D eigenvalue weighted by atomic mass is 10.1. The van der Waals surface area contributed by atoms with Crippen molar-refractivity contribution >= 4 is 40.3 Å². The Morgan fingerprint density at radius 2 is 1.96 bits per heavy atom. The fourth-order valence-electron chi connectivity index (χ4n) is 2.47. The standard InChI is InChI=1S/C16H22N4O6S/c1-3-25-16(24)20-6-4-11(5-7-20)18-13(22)8-26-14(23)12-9-27-15(19-12)17-10(2)21/h9,11H,3-8H2,1-2H3,(H,18,22)(H,17,19,21). The van der Waals surface area contributed by atoms with Crippen molar-refractivity contribution in [1.82, 2.24) is 15.2 Å². The molecule has 1 saturated heterocycles. The van der Waals surface area contributed by atoms with Crippen molar-refractivity contribution in [3.8, 4) is 0 Å². The van der Waals surface area contributed by atoms with E-state index in [1.54, 1.807) is 11.8 Å². The SMILES string of the molecule is CCOC(=O)N1CCC(NC(=O)COC(=O)c2csc(NC(C)=O)n2)CC1. The number of thiazole rings is 1. The Morgan fingerprint density at radius 1 is 1.26 bits per heavy atom. The van der Waals surface area contributed by atoms with E-state index in [0.717, 1.165) is 11.3 Å². The van der Waals surface area contributed by atoms with Crippen molar-refractivity contribution in [2.75, 3.05) is 31.6 Å². The number of nitrogens with zero attached hydrogens (tertiary/aromatic N) is 2. The molecular formula is C16H22N4O6S. The molecule has 0 aliphatic carbocycles. The third-order valence-electron chi connectivity index (χ3n) is 3.72. The van der Waals surface area contributed by atoms with Gasteiger partial charge in [0.1, 0.15) is 0 Å². The number of nitrogens with one attached hydrogen (secondary N) is 2. The van der Waals surface area contributed by atoms with Gasteiger partial charge < -0.3 is 25.0 Å². The smallest absolute Gasteiger partial charge is 0.409 e. The largest absolute Gasteiger partial charge is 0.451 e. The van der Waals surface area contributed by atoms with Crippen LogP contribution in [0.1, 0.15) is 37.2 Å². The van der Waals surface area contributed by atoms with Gasteiger partial charge in [0.15, 0.2) is 17.4 Å². The van der Waals surface area contributed by atoms with Gasteiger partial charge in [-0.05, 0) is 19.8 Å². The lowest BCUT2D eigenvalue weighted by Gasteiger charge is -2.31. The zero-order chi connectivity index (χ0) is 19.8. The molecule has 148 valence electrons. The first-order valence-electron chi connectivity index (χ1n) is 8.50. The van der Waals surface area contributed by atoms with Crippen molar-refractivity contribution in [1.29, 1.82) is 0 Å². The van der Waals surface area contributed by atoms with E-state index in [1.165, 1.54) is 12.3 Å². The number of amides is 3. The maximum Gasteiger partial charge on any atom is 0.409 e. The van der Waals surface area contributed by atoms with E-state index in [-0.39, 0.29) is 28.9 Å². The van der Waals surface area contributed by atoms with Gasteiger partial charge >= 0.3 is 12.1 Å². The van der Waals surface area contributed by atoms with Crippen LogP contribution in [0.25, 0.3) is 0 Å². The first-order chi connectivity index (χ1) is 12.9. The molecule has 0 saturated carbocycles. The van der Waals surface area contributed by atoms with Crippen LogP contribution in [0.4, 0.5) is 9.93 Å². The molecule has 0 atom stereocenters. The highest BCUT2D eigenvalue weighted by Gasteiger charge is 2.25. The molecule has 3 amide bonds. The first-order valence-corrected chi connectivity index (χ1v) is 9.38. The maximum absolute atomic E-state index is 11.9. The van der Waals surface area contributed by atoms with Crippen LogP contribution in [0.3, 0.4) is 0 Å². The second kappa shape index (κ2) is 9.86. The molecule has 10 nitrogen and oxygen atoms in total. The average molecular weight is 398 g/mol. The fraction of sp³-hybridized carbons (Fsp3) is 0.562. The highest BCUT2D eigenvalue weighted by Crippen LogP contribution is 2.16. The monoisotopic (exact) mass is 398 g/mol. The highest BCUT2D eigenvalue weighted by molar-refractivity contribution is 7.14. The van der Waals surface area contributed by atoms with E-state index in [9.17, 15) is 19.2 Å². The van der Waals surface area contributed by atoms with E-state index in [1.807, 2.05) is 0 Å². The van der Waals surface area contributed by atoms with Crippen molar-refractivity contribution in [2.45, 2.75) is 32.7 Å². The third-order valence-corrected chi connectivity index (χ3v) is 4.47. The summed E-state index contributed by atoms with van der Waals surface area (Å²) in [5.41, 5.74) is 0.0271. The van der Waals surface area contributed by atoms with E-state index in [0.29, 0.717) is 32.5 Å². The second-order valence-electron chi connectivity index (χ2n) is 5.82. The minimum absolute atomic E-state index is 0.0271. The number of carbonyl (C=O) groups is 4. The lowest BCUT2D eigenvalue weighted by molar-refractivity contribution is -0.125. The molecule has 1 aliphatic heterocycles. The topological polar surface area (TPSA) is 127 Å². The summed E-state index contributed by atoms with van der Waals surface area (Å²) < 4.78 is 9.88. The van der Waals surface area contributed by atoms with Crippen molar-refractivity contribution < 1.29 is 28.7 Å². The molecule has 0 bridgehead atoms. The number of anilines is 1. The Hall–Kier alpha value is -2.69. The first kappa shape index (κ1) is 20.6. The number of piperidine rings is 1. The van der Waals surface area contributed by atoms with E-state index < -0.39 is 18.5 Å². The minimum Gasteiger partial charge on any atom is -0.451 e. The summed E-state index contributed by atoms with van der Waals surface area (Å²) in [5, 5.41) is 6.97. The Balaban J connectivity index is 1.70. The van der Waals surface area contributed by atoms with E-state index in [4.69, 9.17) is 9.47 Å². The zero-order valence-electron chi connectivity index (χ0n) is 15.1. The molecule has 0 unspecified atom stereocenters. The minimum atomic E-state index is -0.741. The summed E-state index contributed by atoms with van der Waals surface area (Å²) in [6.07, 6.45) is 0.855. The van der Waals surface area contributed by atoms with Crippen LogP contribution in [-0.4, -0.2) is 66.1 Å².